The molecule has 1 amide bonds. The zero-order valence-electron chi connectivity index (χ0n) is 16.3. The summed E-state index contributed by atoms with van der Waals surface area (Å²) in [4.78, 5) is 28.5. The van der Waals surface area contributed by atoms with Gasteiger partial charge in [0.25, 0.3) is 0 Å². The number of aromatic nitrogens is 4. The molecule has 0 radical (unpaired) electrons. The number of nitrogens with zero attached hydrogens (tertiary/aromatic N) is 4. The predicted molar refractivity (Wildman–Crippen MR) is 106 cm³/mol. The van der Waals surface area contributed by atoms with Crippen LogP contribution in [0.2, 0.25) is 0 Å². The van der Waals surface area contributed by atoms with Crippen LogP contribution in [0.25, 0.3) is 11.4 Å². The lowest BCUT2D eigenvalue weighted by molar-refractivity contribution is -0.146. The number of thioether (sulfide) groups is 1. The molecule has 0 saturated heterocycles. The third-order valence-electron chi connectivity index (χ3n) is 4.81. The highest BCUT2D eigenvalue weighted by Crippen LogP contribution is 2.40. The minimum atomic E-state index is -0.643. The summed E-state index contributed by atoms with van der Waals surface area (Å²) < 4.78 is 6.90. The van der Waals surface area contributed by atoms with E-state index < -0.39 is 12.0 Å². The number of hydrogen-bond donors (Lipinski definition) is 1. The van der Waals surface area contributed by atoms with Crippen molar-refractivity contribution in [1.82, 2.24) is 25.1 Å². The van der Waals surface area contributed by atoms with Gasteiger partial charge < -0.3 is 10.1 Å². The summed E-state index contributed by atoms with van der Waals surface area (Å²) >= 11 is 1.32. The van der Waals surface area contributed by atoms with E-state index in [0.29, 0.717) is 11.2 Å². The fraction of sp³-hybridized carbons (Fsp3) is 0.526. The minimum absolute atomic E-state index is 0.00583. The molecule has 150 valence electrons. The highest BCUT2D eigenvalue weighted by molar-refractivity contribution is 7.99. The minimum Gasteiger partial charge on any atom is -0.467 e. The second kappa shape index (κ2) is 9.18. The Morgan fingerprint density at radius 3 is 2.79 bits per heavy atom. The van der Waals surface area contributed by atoms with Crippen LogP contribution in [0.1, 0.15) is 39.2 Å². The van der Waals surface area contributed by atoms with Crippen molar-refractivity contribution in [2.75, 3.05) is 12.9 Å². The van der Waals surface area contributed by atoms with Gasteiger partial charge >= 0.3 is 5.97 Å². The molecule has 1 fully saturated rings. The van der Waals surface area contributed by atoms with Crippen LogP contribution in [-0.2, 0) is 14.3 Å². The maximum Gasteiger partial charge on any atom is 0.328 e. The van der Waals surface area contributed by atoms with E-state index in [1.54, 1.807) is 12.4 Å². The fourth-order valence-electron chi connectivity index (χ4n) is 2.87. The molecular formula is C19H25N5O3S. The summed E-state index contributed by atoms with van der Waals surface area (Å²) in [7, 11) is 1.33. The van der Waals surface area contributed by atoms with Crippen LogP contribution in [0.3, 0.4) is 0 Å². The number of ether oxygens (including phenoxy) is 1. The van der Waals surface area contributed by atoms with Gasteiger partial charge in [-0.2, -0.15) is 0 Å². The second-order valence-corrected chi connectivity index (χ2v) is 7.83. The van der Waals surface area contributed by atoms with Gasteiger partial charge in [-0.15, -0.1) is 10.2 Å². The summed E-state index contributed by atoms with van der Waals surface area (Å²) in [5, 5.41) is 12.1. The molecule has 0 aromatic carbocycles. The lowest BCUT2D eigenvalue weighted by Gasteiger charge is -2.21. The predicted octanol–water partition coefficient (Wildman–Crippen LogP) is 2.47. The van der Waals surface area contributed by atoms with Gasteiger partial charge in [-0.3, -0.25) is 14.3 Å². The van der Waals surface area contributed by atoms with Crippen molar-refractivity contribution >= 4 is 23.6 Å². The number of amides is 1. The monoisotopic (exact) mass is 403 g/mol. The van der Waals surface area contributed by atoms with Gasteiger partial charge in [0.05, 0.1) is 12.9 Å². The largest absolute Gasteiger partial charge is 0.467 e. The molecule has 3 rings (SSSR count). The average molecular weight is 404 g/mol. The van der Waals surface area contributed by atoms with E-state index in [9.17, 15) is 9.59 Å². The molecule has 2 aromatic rings. The van der Waals surface area contributed by atoms with Gasteiger partial charge in [-0.1, -0.05) is 32.0 Å². The number of rotatable bonds is 9. The Kier molecular flexibility index (Phi) is 6.66. The van der Waals surface area contributed by atoms with Crippen molar-refractivity contribution < 1.29 is 14.3 Å². The fourth-order valence-corrected chi connectivity index (χ4v) is 3.69. The third kappa shape index (κ3) is 4.70. The van der Waals surface area contributed by atoms with Crippen LogP contribution in [0.4, 0.5) is 0 Å². The number of carbonyl (C=O) groups excluding carboxylic acids is 2. The number of hydrogen-bond acceptors (Lipinski definition) is 7. The van der Waals surface area contributed by atoms with Gasteiger partial charge in [0.15, 0.2) is 11.0 Å². The first kappa shape index (κ1) is 20.3. The van der Waals surface area contributed by atoms with E-state index in [0.717, 1.165) is 30.7 Å². The number of esters is 1. The van der Waals surface area contributed by atoms with Crippen LogP contribution in [0.15, 0.2) is 29.7 Å². The lowest BCUT2D eigenvalue weighted by atomic mass is 9.99. The van der Waals surface area contributed by atoms with E-state index in [2.05, 4.69) is 25.1 Å². The Bertz CT molecular complexity index is 822. The smallest absolute Gasteiger partial charge is 0.328 e. The molecule has 28 heavy (non-hydrogen) atoms. The van der Waals surface area contributed by atoms with Crippen molar-refractivity contribution in [2.24, 2.45) is 5.92 Å². The molecule has 0 spiro atoms. The van der Waals surface area contributed by atoms with Crippen molar-refractivity contribution in [2.45, 2.75) is 50.4 Å². The Balaban J connectivity index is 1.68. The Hall–Kier alpha value is -2.42. The molecule has 2 aromatic heterocycles. The normalized spacial score (nSPS) is 15.7. The van der Waals surface area contributed by atoms with Crippen LogP contribution in [-0.4, -0.2) is 50.5 Å². The first-order valence-corrected chi connectivity index (χ1v) is 10.4. The molecule has 0 bridgehead atoms. The molecule has 0 unspecified atom stereocenters. The summed E-state index contributed by atoms with van der Waals surface area (Å²) in [5.74, 6) is 0.267. The van der Waals surface area contributed by atoms with Crippen molar-refractivity contribution in [3.05, 3.63) is 24.5 Å². The van der Waals surface area contributed by atoms with Gasteiger partial charge in [0.1, 0.15) is 6.04 Å². The molecule has 8 nitrogen and oxygen atoms in total. The quantitative estimate of drug-likeness (QED) is 0.507. The summed E-state index contributed by atoms with van der Waals surface area (Å²) in [5.41, 5.74) is 0.903. The lowest BCUT2D eigenvalue weighted by Crippen LogP contribution is -2.46. The molecule has 9 heteroatoms. The molecule has 1 N–H and O–H groups in total. The number of nitrogens with one attached hydrogen (secondary N) is 1. The molecule has 2 heterocycles. The first-order chi connectivity index (χ1) is 13.5. The molecule has 1 saturated carbocycles. The van der Waals surface area contributed by atoms with Crippen molar-refractivity contribution in [1.29, 1.82) is 0 Å². The number of pyridine rings is 1. The first-order valence-electron chi connectivity index (χ1n) is 9.40. The average Bonchev–Trinajstić information content (AvgIpc) is 3.48. The molecule has 0 aliphatic heterocycles. The van der Waals surface area contributed by atoms with Gasteiger partial charge in [-0.05, 0) is 30.9 Å². The van der Waals surface area contributed by atoms with E-state index in [1.165, 1.54) is 18.9 Å². The molecular weight excluding hydrogens is 378 g/mol. The summed E-state index contributed by atoms with van der Waals surface area (Å²) in [6, 6.07) is 3.53. The molecule has 1 aliphatic carbocycles. The zero-order valence-corrected chi connectivity index (χ0v) is 17.1. The Morgan fingerprint density at radius 2 is 2.18 bits per heavy atom. The van der Waals surface area contributed by atoms with Crippen LogP contribution < -0.4 is 5.32 Å². The second-order valence-electron chi connectivity index (χ2n) is 6.89. The standard InChI is InChI=1S/C19H25N5O3S/c1-4-12(2)16(18(26)27-3)21-15(25)11-28-19-23-22-17(24(19)14-7-8-14)13-6-5-9-20-10-13/h5-6,9-10,12,14,16H,4,7-8,11H2,1-3H3,(H,21,25)/t12-,16-/m0/s1. The Labute approximate surface area is 168 Å². The summed E-state index contributed by atoms with van der Waals surface area (Å²) in [6.45, 7) is 3.89. The van der Waals surface area contributed by atoms with E-state index in [4.69, 9.17) is 4.74 Å². The van der Waals surface area contributed by atoms with Gasteiger partial charge in [0.2, 0.25) is 5.91 Å². The van der Waals surface area contributed by atoms with Crippen molar-refractivity contribution in [3.63, 3.8) is 0 Å². The van der Waals surface area contributed by atoms with Crippen LogP contribution in [0.5, 0.6) is 0 Å². The van der Waals surface area contributed by atoms with Gasteiger partial charge in [0, 0.05) is 24.0 Å². The van der Waals surface area contributed by atoms with Crippen LogP contribution >= 0.6 is 11.8 Å². The Morgan fingerprint density at radius 1 is 1.39 bits per heavy atom. The van der Waals surface area contributed by atoms with Crippen LogP contribution in [0, 0.1) is 5.92 Å². The van der Waals surface area contributed by atoms with E-state index in [1.807, 2.05) is 26.0 Å². The maximum absolute atomic E-state index is 12.4. The van der Waals surface area contributed by atoms with E-state index in [-0.39, 0.29) is 17.6 Å². The topological polar surface area (TPSA) is 99.0 Å². The number of methoxy groups -OCH3 is 1. The summed E-state index contributed by atoms with van der Waals surface area (Å²) in [6.07, 6.45) is 6.39. The van der Waals surface area contributed by atoms with Crippen molar-refractivity contribution in [3.8, 4) is 11.4 Å². The highest BCUT2D eigenvalue weighted by atomic mass is 32.2. The SMILES string of the molecule is CC[C@H](C)[C@H](NC(=O)CSc1nnc(-c2cccnc2)n1C1CC1)C(=O)OC. The van der Waals surface area contributed by atoms with E-state index >= 15 is 0 Å². The third-order valence-corrected chi connectivity index (χ3v) is 5.76. The zero-order chi connectivity index (χ0) is 20.1. The molecule has 2 atom stereocenters. The number of carbonyl (C=O) groups is 2. The molecule has 1 aliphatic rings. The highest BCUT2D eigenvalue weighted by Gasteiger charge is 2.31. The van der Waals surface area contributed by atoms with Gasteiger partial charge in [-0.25, -0.2) is 4.79 Å². The maximum atomic E-state index is 12.4.